The van der Waals surface area contributed by atoms with E-state index in [2.05, 4.69) is 29.2 Å². The van der Waals surface area contributed by atoms with Crippen LogP contribution >= 0.6 is 0 Å². The molecule has 0 spiro atoms. The predicted octanol–water partition coefficient (Wildman–Crippen LogP) is 5.19. The van der Waals surface area contributed by atoms with Crippen molar-refractivity contribution < 1.29 is 14.8 Å². The standard InChI is InChI=1S/C25H22N2O4/c28-25(29)16-11-21-18-7-2-5-15(18)13-26-23(14-4-1-6-17(10-14)27(30)31)20-9-3-8-19(20)22(12-16)24(21)26/h1-4,6-8,10-12,15,18-20,23H,5,9,13H2,(H,28,29)/t15-,18-,19+,20-,23+/m1/s1. The van der Waals surface area contributed by atoms with Crippen LogP contribution in [0.3, 0.4) is 0 Å². The van der Waals surface area contributed by atoms with E-state index in [0.29, 0.717) is 11.5 Å². The maximum Gasteiger partial charge on any atom is 0.335 e. The van der Waals surface area contributed by atoms with Gasteiger partial charge in [0.25, 0.3) is 5.69 Å². The van der Waals surface area contributed by atoms with E-state index < -0.39 is 5.97 Å². The first-order valence-electron chi connectivity index (χ1n) is 10.8. The molecule has 156 valence electrons. The van der Waals surface area contributed by atoms with Crippen LogP contribution in [0, 0.1) is 22.0 Å². The van der Waals surface area contributed by atoms with Crippen molar-refractivity contribution in [2.45, 2.75) is 30.7 Å². The summed E-state index contributed by atoms with van der Waals surface area (Å²) in [5.41, 5.74) is 4.76. The van der Waals surface area contributed by atoms with E-state index in [1.165, 1.54) is 0 Å². The van der Waals surface area contributed by atoms with Crippen LogP contribution in [-0.4, -0.2) is 22.5 Å². The number of nitro groups is 1. The molecule has 5 atom stereocenters. The number of carboxylic acids is 1. The number of nitro benzene ring substituents is 1. The summed E-state index contributed by atoms with van der Waals surface area (Å²) in [6.07, 6.45) is 10.7. The van der Waals surface area contributed by atoms with E-state index in [4.69, 9.17) is 0 Å². The number of carboxylic acid groups (broad SMARTS) is 1. The molecule has 6 heteroatoms. The van der Waals surface area contributed by atoms with E-state index in [1.54, 1.807) is 18.2 Å². The molecular formula is C25H22N2O4. The quantitative estimate of drug-likeness (QED) is 0.425. The van der Waals surface area contributed by atoms with Crippen molar-refractivity contribution in [2.75, 3.05) is 11.4 Å². The lowest BCUT2D eigenvalue weighted by atomic mass is 9.70. The Bertz CT molecular complexity index is 1170. The van der Waals surface area contributed by atoms with Crippen molar-refractivity contribution in [3.63, 3.8) is 0 Å². The Morgan fingerprint density at radius 2 is 1.81 bits per heavy atom. The minimum absolute atomic E-state index is 0.0309. The first kappa shape index (κ1) is 18.4. The largest absolute Gasteiger partial charge is 0.478 e. The molecule has 2 aromatic rings. The second kappa shape index (κ2) is 6.54. The Labute approximate surface area is 179 Å². The highest BCUT2D eigenvalue weighted by atomic mass is 16.6. The second-order valence-electron chi connectivity index (χ2n) is 9.06. The maximum atomic E-state index is 11.9. The number of hydrogen-bond acceptors (Lipinski definition) is 4. The molecule has 6 rings (SSSR count). The van der Waals surface area contributed by atoms with E-state index in [9.17, 15) is 20.0 Å². The molecule has 0 saturated carbocycles. The van der Waals surface area contributed by atoms with Crippen LogP contribution in [0.4, 0.5) is 11.4 Å². The summed E-state index contributed by atoms with van der Waals surface area (Å²) in [5.74, 6) is 0.0929. The summed E-state index contributed by atoms with van der Waals surface area (Å²) >= 11 is 0. The van der Waals surface area contributed by atoms with Gasteiger partial charge >= 0.3 is 5.97 Å². The van der Waals surface area contributed by atoms with Gasteiger partial charge in [-0.1, -0.05) is 36.4 Å². The Kier molecular flexibility index (Phi) is 3.88. The van der Waals surface area contributed by atoms with Crippen molar-refractivity contribution in [2.24, 2.45) is 11.8 Å². The number of non-ortho nitro benzene ring substituents is 1. The fourth-order valence-electron chi connectivity index (χ4n) is 6.30. The summed E-state index contributed by atoms with van der Waals surface area (Å²) in [6, 6.07) is 10.8. The van der Waals surface area contributed by atoms with E-state index >= 15 is 0 Å². The fourth-order valence-corrected chi connectivity index (χ4v) is 6.30. The molecule has 2 aromatic carbocycles. The Morgan fingerprint density at radius 1 is 1.06 bits per heavy atom. The molecule has 2 aliphatic heterocycles. The van der Waals surface area contributed by atoms with Crippen molar-refractivity contribution in [1.82, 2.24) is 0 Å². The van der Waals surface area contributed by atoms with Gasteiger partial charge in [-0.15, -0.1) is 0 Å². The number of benzene rings is 2. The zero-order valence-corrected chi connectivity index (χ0v) is 16.8. The number of aromatic carboxylic acids is 1. The van der Waals surface area contributed by atoms with Gasteiger partial charge in [-0.3, -0.25) is 10.1 Å². The van der Waals surface area contributed by atoms with Crippen molar-refractivity contribution >= 4 is 17.3 Å². The van der Waals surface area contributed by atoms with Crippen molar-refractivity contribution in [3.8, 4) is 0 Å². The molecule has 0 unspecified atom stereocenters. The number of hydrogen-bond donors (Lipinski definition) is 1. The van der Waals surface area contributed by atoms with Gasteiger partial charge in [-0.25, -0.2) is 4.79 Å². The Hall–Kier alpha value is -3.41. The molecule has 0 fully saturated rings. The van der Waals surface area contributed by atoms with Crippen LogP contribution in [0.15, 0.2) is 60.7 Å². The van der Waals surface area contributed by atoms with Gasteiger partial charge in [0.1, 0.15) is 0 Å². The monoisotopic (exact) mass is 414 g/mol. The lowest BCUT2D eigenvalue weighted by molar-refractivity contribution is -0.384. The summed E-state index contributed by atoms with van der Waals surface area (Å²) < 4.78 is 0. The lowest BCUT2D eigenvalue weighted by Gasteiger charge is -2.51. The maximum absolute atomic E-state index is 11.9. The van der Waals surface area contributed by atoms with Crippen molar-refractivity contribution in [3.05, 3.63) is 93.1 Å². The van der Waals surface area contributed by atoms with Gasteiger partial charge in [0.15, 0.2) is 0 Å². The lowest BCUT2D eigenvalue weighted by Crippen LogP contribution is -2.46. The number of carbonyl (C=O) groups is 1. The Balaban J connectivity index is 1.58. The number of anilines is 1. The number of allylic oxidation sites excluding steroid dienone is 4. The van der Waals surface area contributed by atoms with E-state index in [1.807, 2.05) is 18.2 Å². The zero-order valence-electron chi connectivity index (χ0n) is 16.8. The van der Waals surface area contributed by atoms with Gasteiger partial charge in [0.2, 0.25) is 0 Å². The topological polar surface area (TPSA) is 83.7 Å². The Morgan fingerprint density at radius 3 is 2.58 bits per heavy atom. The van der Waals surface area contributed by atoms with Crippen LogP contribution in [0.2, 0.25) is 0 Å². The third-order valence-electron chi connectivity index (χ3n) is 7.52. The van der Waals surface area contributed by atoms with Gasteiger partial charge in [0, 0.05) is 36.2 Å². The van der Waals surface area contributed by atoms with Crippen molar-refractivity contribution in [1.29, 1.82) is 0 Å². The molecule has 0 aromatic heterocycles. The molecule has 4 aliphatic rings. The van der Waals surface area contributed by atoms with Crippen LogP contribution in [0.25, 0.3) is 0 Å². The number of nitrogens with zero attached hydrogens (tertiary/aromatic N) is 2. The smallest absolute Gasteiger partial charge is 0.335 e. The average molecular weight is 414 g/mol. The summed E-state index contributed by atoms with van der Waals surface area (Å²) in [4.78, 5) is 25.5. The summed E-state index contributed by atoms with van der Waals surface area (Å²) in [7, 11) is 0. The van der Waals surface area contributed by atoms with Gasteiger partial charge in [-0.2, -0.15) is 0 Å². The highest BCUT2D eigenvalue weighted by Crippen LogP contribution is 2.59. The number of fused-ring (bicyclic) bond motifs is 4. The molecule has 0 amide bonds. The zero-order chi connectivity index (χ0) is 21.3. The molecule has 2 aliphatic carbocycles. The van der Waals surface area contributed by atoms with Crippen LogP contribution < -0.4 is 4.90 Å². The number of rotatable bonds is 3. The molecular weight excluding hydrogens is 392 g/mol. The van der Waals surface area contributed by atoms with Crippen LogP contribution in [-0.2, 0) is 0 Å². The fraction of sp³-hybridized carbons (Fsp3) is 0.320. The normalized spacial score (nSPS) is 29.4. The molecule has 6 nitrogen and oxygen atoms in total. The van der Waals surface area contributed by atoms with Crippen LogP contribution in [0.1, 0.15) is 57.8 Å². The average Bonchev–Trinajstić information content (AvgIpc) is 3.43. The molecule has 1 N–H and O–H groups in total. The highest BCUT2D eigenvalue weighted by molar-refractivity contribution is 5.90. The van der Waals surface area contributed by atoms with Gasteiger partial charge in [-0.05, 0) is 53.5 Å². The third-order valence-corrected chi connectivity index (χ3v) is 7.52. The van der Waals surface area contributed by atoms with E-state index in [0.717, 1.165) is 41.8 Å². The minimum atomic E-state index is -0.894. The second-order valence-corrected chi connectivity index (χ2v) is 9.06. The van der Waals surface area contributed by atoms with E-state index in [-0.39, 0.29) is 34.4 Å². The van der Waals surface area contributed by atoms with Gasteiger partial charge in [0.05, 0.1) is 16.5 Å². The first-order valence-corrected chi connectivity index (χ1v) is 10.8. The minimum Gasteiger partial charge on any atom is -0.478 e. The molecule has 0 radical (unpaired) electrons. The molecule has 2 heterocycles. The summed E-state index contributed by atoms with van der Waals surface area (Å²) in [6.45, 7) is 0.876. The van der Waals surface area contributed by atoms with Crippen LogP contribution in [0.5, 0.6) is 0 Å². The first-order chi connectivity index (χ1) is 15.0. The molecule has 0 bridgehead atoms. The molecule has 0 saturated heterocycles. The SMILES string of the molecule is O=C(O)c1cc2c3c(c1)[C@@H]1C=CC[C@@H]1CN3[C@@H](c1cccc([N+](=O)[O-])c1)[C@@H]1CC=C[C@H]21. The predicted molar refractivity (Wildman–Crippen MR) is 117 cm³/mol. The highest BCUT2D eigenvalue weighted by Gasteiger charge is 2.48. The third kappa shape index (κ3) is 2.60. The molecule has 31 heavy (non-hydrogen) atoms. The summed E-state index contributed by atoms with van der Waals surface area (Å²) in [5, 5.41) is 21.2. The van der Waals surface area contributed by atoms with Gasteiger partial charge < -0.3 is 10.0 Å².